The van der Waals surface area contributed by atoms with Gasteiger partial charge in [0.25, 0.3) is 0 Å². The second-order valence-corrected chi connectivity index (χ2v) is 9.35. The van der Waals surface area contributed by atoms with E-state index in [1.165, 1.54) is 17.7 Å². The monoisotopic (exact) mass is 441 g/mol. The van der Waals surface area contributed by atoms with E-state index in [4.69, 9.17) is 11.6 Å². The number of nitrogens with zero attached hydrogens (tertiary/aromatic N) is 1. The maximum Gasteiger partial charge on any atom is 0.126 e. The Morgan fingerprint density at radius 2 is 1.42 bits per heavy atom. The summed E-state index contributed by atoms with van der Waals surface area (Å²) in [5.41, 5.74) is 1.68. The van der Waals surface area contributed by atoms with Crippen LogP contribution in [0, 0.1) is 17.6 Å². The Balaban J connectivity index is 1.62. The molecule has 5 heteroatoms. The minimum absolute atomic E-state index is 0.0430. The summed E-state index contributed by atoms with van der Waals surface area (Å²) < 4.78 is 27.8. The number of hydrogen-bond donors (Lipinski definition) is 1. The molecule has 0 spiro atoms. The number of hydrogen-bond acceptors (Lipinski definition) is 2. The molecular weight excluding hydrogens is 416 g/mol. The van der Waals surface area contributed by atoms with Crippen molar-refractivity contribution in [2.24, 2.45) is 5.92 Å². The van der Waals surface area contributed by atoms with Gasteiger partial charge in [0.2, 0.25) is 0 Å². The Morgan fingerprint density at radius 3 is 1.97 bits per heavy atom. The zero-order valence-corrected chi connectivity index (χ0v) is 18.4. The Morgan fingerprint density at radius 1 is 0.871 bits per heavy atom. The number of halogens is 3. The molecule has 1 saturated heterocycles. The number of rotatable bonds is 6. The highest BCUT2D eigenvalue weighted by atomic mass is 35.5. The lowest BCUT2D eigenvalue weighted by molar-refractivity contribution is -0.0309. The highest BCUT2D eigenvalue weighted by Crippen LogP contribution is 2.44. The molecule has 0 radical (unpaired) electrons. The van der Waals surface area contributed by atoms with Crippen molar-refractivity contribution in [3.8, 4) is 0 Å². The smallest absolute Gasteiger partial charge is 0.126 e. The lowest BCUT2D eigenvalue weighted by atomic mass is 9.71. The van der Waals surface area contributed by atoms with Gasteiger partial charge < -0.3 is 5.11 Å². The zero-order valence-electron chi connectivity index (χ0n) is 17.6. The summed E-state index contributed by atoms with van der Waals surface area (Å²) in [5.74, 6) is -1.55. The fourth-order valence-electron chi connectivity index (χ4n) is 4.88. The van der Waals surface area contributed by atoms with E-state index < -0.39 is 17.2 Å². The maximum atomic E-state index is 13.9. The van der Waals surface area contributed by atoms with E-state index in [0.717, 1.165) is 11.6 Å². The van der Waals surface area contributed by atoms with Crippen LogP contribution in [0.15, 0.2) is 72.8 Å². The van der Waals surface area contributed by atoms with Crippen molar-refractivity contribution in [1.29, 1.82) is 0 Å². The van der Waals surface area contributed by atoms with Gasteiger partial charge in [-0.3, -0.25) is 4.90 Å². The van der Waals surface area contributed by atoms with Crippen LogP contribution >= 0.6 is 11.6 Å². The second-order valence-electron chi connectivity index (χ2n) is 8.91. The first-order valence-corrected chi connectivity index (χ1v) is 10.8. The van der Waals surface area contributed by atoms with Crippen LogP contribution in [-0.4, -0.2) is 28.7 Å². The summed E-state index contributed by atoms with van der Waals surface area (Å²) in [6, 6.07) is 21.6. The average molecular weight is 442 g/mol. The van der Waals surface area contributed by atoms with E-state index in [9.17, 15) is 13.9 Å². The van der Waals surface area contributed by atoms with Crippen molar-refractivity contribution in [2.75, 3.05) is 13.1 Å². The van der Waals surface area contributed by atoms with Gasteiger partial charge in [0.05, 0.1) is 11.6 Å². The van der Waals surface area contributed by atoms with E-state index >= 15 is 0 Å². The molecule has 1 aliphatic heterocycles. The standard InChI is InChI=1S/C26H26ClF2NO/c1-26(2,31)24(19-12-22(28)14-23(29)13-19)20-15-30(16-20)25(17-6-4-3-5-7-17)18-8-10-21(27)11-9-18/h3-14,20,24-25,31H,15-16H2,1-2H3. The summed E-state index contributed by atoms with van der Waals surface area (Å²) in [6.45, 7) is 4.82. The van der Waals surface area contributed by atoms with Crippen LogP contribution in [0.2, 0.25) is 5.02 Å². The van der Waals surface area contributed by atoms with E-state index in [1.807, 2.05) is 42.5 Å². The first-order valence-electron chi connectivity index (χ1n) is 10.4. The summed E-state index contributed by atoms with van der Waals surface area (Å²) in [6.07, 6.45) is 0. The SMILES string of the molecule is CC(C)(O)C(c1cc(F)cc(F)c1)C1CN(C(c2ccccc2)c2ccc(Cl)cc2)C1. The van der Waals surface area contributed by atoms with Crippen LogP contribution in [0.3, 0.4) is 0 Å². The van der Waals surface area contributed by atoms with Gasteiger partial charge in [-0.15, -0.1) is 0 Å². The third-order valence-corrected chi connectivity index (χ3v) is 6.33. The molecule has 1 N–H and O–H groups in total. The van der Waals surface area contributed by atoms with E-state index in [-0.39, 0.29) is 17.9 Å². The van der Waals surface area contributed by atoms with Crippen molar-refractivity contribution in [3.05, 3.63) is 106 Å². The minimum Gasteiger partial charge on any atom is -0.390 e. The molecule has 3 aromatic rings. The molecule has 2 atom stereocenters. The van der Waals surface area contributed by atoms with Crippen LogP contribution in [0.5, 0.6) is 0 Å². The Kier molecular flexibility index (Phi) is 6.16. The molecule has 1 fully saturated rings. The molecule has 4 rings (SSSR count). The third kappa shape index (κ3) is 4.82. The first-order chi connectivity index (χ1) is 14.7. The van der Waals surface area contributed by atoms with Crippen molar-refractivity contribution in [2.45, 2.75) is 31.4 Å². The maximum absolute atomic E-state index is 13.9. The molecule has 0 amide bonds. The molecule has 0 aliphatic carbocycles. The summed E-state index contributed by atoms with van der Waals surface area (Å²) >= 11 is 6.10. The zero-order chi connectivity index (χ0) is 22.2. The van der Waals surface area contributed by atoms with Crippen LogP contribution < -0.4 is 0 Å². The fraction of sp³-hybridized carbons (Fsp3) is 0.308. The van der Waals surface area contributed by atoms with Crippen LogP contribution in [-0.2, 0) is 0 Å². The summed E-state index contributed by atoms with van der Waals surface area (Å²) in [7, 11) is 0. The first kappa shape index (κ1) is 21.9. The Labute approximate surface area is 187 Å². The van der Waals surface area contributed by atoms with Gasteiger partial charge in [-0.2, -0.15) is 0 Å². The summed E-state index contributed by atoms with van der Waals surface area (Å²) in [5, 5.41) is 11.5. The molecule has 2 nitrogen and oxygen atoms in total. The highest BCUT2D eigenvalue weighted by Gasteiger charge is 2.44. The van der Waals surface area contributed by atoms with Crippen molar-refractivity contribution >= 4 is 11.6 Å². The van der Waals surface area contributed by atoms with Crippen molar-refractivity contribution in [1.82, 2.24) is 4.90 Å². The van der Waals surface area contributed by atoms with Gasteiger partial charge in [-0.05, 0) is 60.7 Å². The molecule has 0 saturated carbocycles. The topological polar surface area (TPSA) is 23.5 Å². The van der Waals surface area contributed by atoms with Crippen LogP contribution in [0.1, 0.15) is 42.5 Å². The molecular formula is C26H26ClF2NO. The fourth-order valence-corrected chi connectivity index (χ4v) is 5.00. The Bertz CT molecular complexity index is 1010. The van der Waals surface area contributed by atoms with Gasteiger partial charge in [-0.25, -0.2) is 8.78 Å². The largest absolute Gasteiger partial charge is 0.390 e. The molecule has 3 aromatic carbocycles. The van der Waals surface area contributed by atoms with Crippen LogP contribution in [0.4, 0.5) is 8.78 Å². The van der Waals surface area contributed by atoms with Gasteiger partial charge in [-0.1, -0.05) is 54.1 Å². The minimum atomic E-state index is -1.11. The molecule has 162 valence electrons. The number of benzene rings is 3. The van der Waals surface area contributed by atoms with Gasteiger partial charge in [0.15, 0.2) is 0 Å². The summed E-state index contributed by atoms with van der Waals surface area (Å²) in [4.78, 5) is 2.33. The van der Waals surface area contributed by atoms with E-state index in [2.05, 4.69) is 17.0 Å². The highest BCUT2D eigenvalue weighted by molar-refractivity contribution is 6.30. The predicted octanol–water partition coefficient (Wildman–Crippen LogP) is 6.19. The van der Waals surface area contributed by atoms with Gasteiger partial charge >= 0.3 is 0 Å². The van der Waals surface area contributed by atoms with Crippen LogP contribution in [0.25, 0.3) is 0 Å². The van der Waals surface area contributed by atoms with E-state index in [1.54, 1.807) is 13.8 Å². The molecule has 0 aromatic heterocycles. The van der Waals surface area contributed by atoms with Crippen molar-refractivity contribution < 1.29 is 13.9 Å². The number of likely N-dealkylation sites (tertiary alicyclic amines) is 1. The molecule has 1 aliphatic rings. The van der Waals surface area contributed by atoms with Gasteiger partial charge in [0.1, 0.15) is 11.6 Å². The normalized spacial score (nSPS) is 17.2. The average Bonchev–Trinajstić information content (AvgIpc) is 2.66. The molecule has 2 unspecified atom stereocenters. The predicted molar refractivity (Wildman–Crippen MR) is 120 cm³/mol. The lowest BCUT2D eigenvalue weighted by Crippen LogP contribution is -2.54. The molecule has 0 bridgehead atoms. The lowest BCUT2D eigenvalue weighted by Gasteiger charge is -2.50. The van der Waals surface area contributed by atoms with Gasteiger partial charge in [0, 0.05) is 30.1 Å². The number of aliphatic hydroxyl groups is 1. The molecule has 1 heterocycles. The quantitative estimate of drug-likeness (QED) is 0.492. The molecule has 31 heavy (non-hydrogen) atoms. The van der Waals surface area contributed by atoms with Crippen molar-refractivity contribution in [3.63, 3.8) is 0 Å². The van der Waals surface area contributed by atoms with E-state index in [0.29, 0.717) is 23.7 Å². The Hall–Kier alpha value is -2.27. The third-order valence-electron chi connectivity index (χ3n) is 6.08. The second kappa shape index (κ2) is 8.70.